The van der Waals surface area contributed by atoms with Crippen LogP contribution in [0, 0.1) is 0 Å². The Morgan fingerprint density at radius 3 is 2.74 bits per heavy atom. The van der Waals surface area contributed by atoms with Crippen molar-refractivity contribution in [3.63, 3.8) is 0 Å². The molecule has 0 aliphatic carbocycles. The highest BCUT2D eigenvalue weighted by atomic mass is 19.4. The van der Waals surface area contributed by atoms with Crippen molar-refractivity contribution in [1.29, 1.82) is 0 Å². The van der Waals surface area contributed by atoms with Crippen LogP contribution in [-0.2, 0) is 19.3 Å². The maximum atomic E-state index is 12.6. The van der Waals surface area contributed by atoms with E-state index in [0.29, 0.717) is 18.7 Å². The highest BCUT2D eigenvalue weighted by Crippen LogP contribution is 2.29. The van der Waals surface area contributed by atoms with Crippen molar-refractivity contribution in [2.75, 3.05) is 7.05 Å². The van der Waals surface area contributed by atoms with Gasteiger partial charge in [-0.25, -0.2) is 0 Å². The average Bonchev–Trinajstić information content (AvgIpc) is 2.76. The molecule has 0 amide bonds. The van der Waals surface area contributed by atoms with E-state index < -0.39 is 11.7 Å². The number of nitrogens with zero attached hydrogens (tertiary/aromatic N) is 2. The molecule has 19 heavy (non-hydrogen) atoms. The highest BCUT2D eigenvalue weighted by Gasteiger charge is 2.30. The van der Waals surface area contributed by atoms with Crippen molar-refractivity contribution in [2.24, 2.45) is 0 Å². The molecule has 2 aromatic rings. The Hall–Kier alpha value is -1.82. The van der Waals surface area contributed by atoms with E-state index in [4.69, 9.17) is 0 Å². The number of benzene rings is 1. The topological polar surface area (TPSA) is 29.9 Å². The lowest BCUT2D eigenvalue weighted by Crippen LogP contribution is -2.07. The Morgan fingerprint density at radius 1 is 1.26 bits per heavy atom. The second kappa shape index (κ2) is 5.44. The highest BCUT2D eigenvalue weighted by molar-refractivity contribution is 5.25. The minimum Gasteiger partial charge on any atom is -0.316 e. The maximum Gasteiger partial charge on any atom is 0.416 e. The van der Waals surface area contributed by atoms with Gasteiger partial charge in [-0.1, -0.05) is 12.1 Å². The predicted octanol–water partition coefficient (Wildman–Crippen LogP) is 2.67. The SMILES string of the molecule is CNCc1cnn(Cc2cccc(C(F)(F)F)c2)c1. The second-order valence-corrected chi connectivity index (χ2v) is 4.27. The van der Waals surface area contributed by atoms with Gasteiger partial charge in [-0.15, -0.1) is 0 Å². The molecule has 1 aromatic heterocycles. The fourth-order valence-electron chi connectivity index (χ4n) is 1.82. The predicted molar refractivity (Wildman–Crippen MR) is 65.5 cm³/mol. The number of halogens is 3. The van der Waals surface area contributed by atoms with Crippen LogP contribution in [0.5, 0.6) is 0 Å². The molecule has 0 radical (unpaired) electrons. The normalized spacial score (nSPS) is 11.8. The van der Waals surface area contributed by atoms with E-state index in [0.717, 1.165) is 17.7 Å². The second-order valence-electron chi connectivity index (χ2n) is 4.27. The van der Waals surface area contributed by atoms with Gasteiger partial charge in [-0.2, -0.15) is 18.3 Å². The van der Waals surface area contributed by atoms with E-state index >= 15 is 0 Å². The monoisotopic (exact) mass is 269 g/mol. The standard InChI is InChI=1S/C13H14F3N3/c1-17-6-11-7-18-19(9-11)8-10-3-2-4-12(5-10)13(14,15)16/h2-5,7,9,17H,6,8H2,1H3. The molecule has 0 aliphatic heterocycles. The van der Waals surface area contributed by atoms with Crippen LogP contribution in [0.15, 0.2) is 36.7 Å². The van der Waals surface area contributed by atoms with Crippen LogP contribution >= 0.6 is 0 Å². The van der Waals surface area contributed by atoms with E-state index in [2.05, 4.69) is 10.4 Å². The van der Waals surface area contributed by atoms with Crippen LogP contribution in [0.1, 0.15) is 16.7 Å². The van der Waals surface area contributed by atoms with Crippen LogP contribution in [0.25, 0.3) is 0 Å². The van der Waals surface area contributed by atoms with Crippen LogP contribution in [0.4, 0.5) is 13.2 Å². The Bertz CT molecular complexity index is 546. The third kappa shape index (κ3) is 3.57. The first kappa shape index (κ1) is 13.6. The molecule has 3 nitrogen and oxygen atoms in total. The Morgan fingerprint density at radius 2 is 2.05 bits per heavy atom. The summed E-state index contributed by atoms with van der Waals surface area (Å²) < 4.78 is 39.4. The molecule has 0 saturated carbocycles. The molecular formula is C13H14F3N3. The molecular weight excluding hydrogens is 255 g/mol. The average molecular weight is 269 g/mol. The van der Waals surface area contributed by atoms with Gasteiger partial charge in [0, 0.05) is 18.3 Å². The van der Waals surface area contributed by atoms with E-state index in [1.807, 2.05) is 13.2 Å². The van der Waals surface area contributed by atoms with Gasteiger partial charge in [-0.3, -0.25) is 4.68 Å². The molecule has 0 spiro atoms. The van der Waals surface area contributed by atoms with Gasteiger partial charge >= 0.3 is 6.18 Å². The van der Waals surface area contributed by atoms with Gasteiger partial charge in [0.05, 0.1) is 18.3 Å². The number of alkyl halides is 3. The lowest BCUT2D eigenvalue weighted by molar-refractivity contribution is -0.137. The van der Waals surface area contributed by atoms with Crippen molar-refractivity contribution in [1.82, 2.24) is 15.1 Å². The van der Waals surface area contributed by atoms with Crippen LogP contribution < -0.4 is 5.32 Å². The molecule has 0 fully saturated rings. The first-order valence-corrected chi connectivity index (χ1v) is 5.81. The molecule has 6 heteroatoms. The minimum absolute atomic E-state index is 0.327. The summed E-state index contributed by atoms with van der Waals surface area (Å²) in [5, 5.41) is 7.11. The third-order valence-corrected chi connectivity index (χ3v) is 2.67. The van der Waals surface area contributed by atoms with Gasteiger partial charge in [0.1, 0.15) is 0 Å². The quantitative estimate of drug-likeness (QED) is 0.924. The van der Waals surface area contributed by atoms with Crippen molar-refractivity contribution < 1.29 is 13.2 Å². The van der Waals surface area contributed by atoms with Gasteiger partial charge < -0.3 is 5.32 Å². The number of aromatic nitrogens is 2. The molecule has 1 N–H and O–H groups in total. The van der Waals surface area contributed by atoms with Crippen LogP contribution in [0.3, 0.4) is 0 Å². The largest absolute Gasteiger partial charge is 0.416 e. The van der Waals surface area contributed by atoms with Crippen LogP contribution in [0.2, 0.25) is 0 Å². The van der Waals surface area contributed by atoms with Crippen molar-refractivity contribution >= 4 is 0 Å². The lowest BCUT2D eigenvalue weighted by Gasteiger charge is -2.08. The van der Waals surface area contributed by atoms with E-state index in [1.165, 1.54) is 6.07 Å². The van der Waals surface area contributed by atoms with Gasteiger partial charge in [0.15, 0.2) is 0 Å². The summed E-state index contributed by atoms with van der Waals surface area (Å²) in [6.07, 6.45) is -0.793. The van der Waals surface area contributed by atoms with Crippen LogP contribution in [-0.4, -0.2) is 16.8 Å². The lowest BCUT2D eigenvalue weighted by atomic mass is 10.1. The number of hydrogen-bond donors (Lipinski definition) is 1. The summed E-state index contributed by atoms with van der Waals surface area (Å²) in [5.41, 5.74) is 0.941. The molecule has 102 valence electrons. The Labute approximate surface area is 109 Å². The fourth-order valence-corrected chi connectivity index (χ4v) is 1.82. The molecule has 0 bridgehead atoms. The Balaban J connectivity index is 2.14. The minimum atomic E-state index is -4.31. The van der Waals surface area contributed by atoms with Crippen molar-refractivity contribution in [2.45, 2.75) is 19.3 Å². The third-order valence-electron chi connectivity index (χ3n) is 2.67. The van der Waals surface area contributed by atoms with E-state index in [1.54, 1.807) is 16.9 Å². The molecule has 0 aliphatic rings. The Kier molecular flexibility index (Phi) is 3.90. The van der Waals surface area contributed by atoms with E-state index in [9.17, 15) is 13.2 Å². The maximum absolute atomic E-state index is 12.6. The smallest absolute Gasteiger partial charge is 0.316 e. The fraction of sp³-hybridized carbons (Fsp3) is 0.308. The summed E-state index contributed by atoms with van der Waals surface area (Å²) in [5.74, 6) is 0. The number of nitrogens with one attached hydrogen (secondary N) is 1. The zero-order valence-electron chi connectivity index (χ0n) is 10.4. The number of hydrogen-bond acceptors (Lipinski definition) is 2. The first-order valence-electron chi connectivity index (χ1n) is 5.81. The molecule has 1 aromatic carbocycles. The summed E-state index contributed by atoms with van der Waals surface area (Å²) in [7, 11) is 1.82. The summed E-state index contributed by atoms with van der Waals surface area (Å²) in [6, 6.07) is 5.29. The van der Waals surface area contributed by atoms with Crippen molar-refractivity contribution in [3.05, 3.63) is 53.3 Å². The van der Waals surface area contributed by atoms with Crippen molar-refractivity contribution in [3.8, 4) is 0 Å². The molecule has 0 unspecified atom stereocenters. The molecule has 2 rings (SSSR count). The van der Waals surface area contributed by atoms with Gasteiger partial charge in [0.25, 0.3) is 0 Å². The summed E-state index contributed by atoms with van der Waals surface area (Å²) >= 11 is 0. The zero-order valence-corrected chi connectivity index (χ0v) is 10.4. The van der Waals surface area contributed by atoms with Gasteiger partial charge in [0.2, 0.25) is 0 Å². The zero-order chi connectivity index (χ0) is 13.9. The molecule has 0 atom stereocenters. The van der Waals surface area contributed by atoms with E-state index in [-0.39, 0.29) is 0 Å². The first-order chi connectivity index (χ1) is 8.99. The molecule has 0 saturated heterocycles. The summed E-state index contributed by atoms with van der Waals surface area (Å²) in [4.78, 5) is 0. The van der Waals surface area contributed by atoms with Gasteiger partial charge in [-0.05, 0) is 24.7 Å². The molecule has 1 heterocycles. The summed E-state index contributed by atoms with van der Waals surface area (Å²) in [6.45, 7) is 1.01. The number of rotatable bonds is 4.